The fraction of sp³-hybridized carbons (Fsp3) is 0.500. The molecule has 0 bridgehead atoms. The summed E-state index contributed by atoms with van der Waals surface area (Å²) in [5.41, 5.74) is 5.57. The third-order valence-corrected chi connectivity index (χ3v) is 3.30. The summed E-state index contributed by atoms with van der Waals surface area (Å²) in [7, 11) is 0. The second kappa shape index (κ2) is 6.40. The van der Waals surface area contributed by atoms with Crippen LogP contribution in [0.25, 0.3) is 0 Å². The van der Waals surface area contributed by atoms with Gasteiger partial charge in [-0.05, 0) is 43.9 Å². The zero-order valence-corrected chi connectivity index (χ0v) is 10.5. The van der Waals surface area contributed by atoms with Crippen LogP contribution in [0.1, 0.15) is 19.3 Å². The Morgan fingerprint density at radius 3 is 2.89 bits per heavy atom. The molecule has 1 saturated heterocycles. The molecule has 1 aromatic carbocycles. The number of rotatable bonds is 3. The molecule has 1 aromatic rings. The summed E-state index contributed by atoms with van der Waals surface area (Å²) in [5, 5.41) is 0. The van der Waals surface area contributed by atoms with E-state index in [4.69, 9.17) is 10.5 Å². The molecule has 1 fully saturated rings. The highest BCUT2D eigenvalue weighted by Crippen LogP contribution is 2.20. The van der Waals surface area contributed by atoms with Crippen molar-refractivity contribution in [2.24, 2.45) is 11.7 Å². The lowest BCUT2D eigenvalue weighted by Gasteiger charge is -2.31. The Morgan fingerprint density at radius 1 is 1.39 bits per heavy atom. The van der Waals surface area contributed by atoms with E-state index in [1.54, 1.807) is 17.0 Å². The molecular formula is C14H20N2O2. The van der Waals surface area contributed by atoms with Gasteiger partial charge in [-0.1, -0.05) is 18.2 Å². The molecule has 2 N–H and O–H groups in total. The van der Waals surface area contributed by atoms with Gasteiger partial charge in [0, 0.05) is 13.1 Å². The first-order valence-electron chi connectivity index (χ1n) is 6.51. The number of carbonyl (C=O) groups excluding carboxylic acids is 1. The van der Waals surface area contributed by atoms with Crippen LogP contribution in [0.15, 0.2) is 30.3 Å². The molecule has 1 aliphatic rings. The Labute approximate surface area is 108 Å². The van der Waals surface area contributed by atoms with Gasteiger partial charge in [0.15, 0.2) is 0 Å². The van der Waals surface area contributed by atoms with Crippen molar-refractivity contribution in [1.82, 2.24) is 4.90 Å². The molecule has 4 heteroatoms. The molecular weight excluding hydrogens is 228 g/mol. The van der Waals surface area contributed by atoms with E-state index in [9.17, 15) is 4.79 Å². The number of benzene rings is 1. The summed E-state index contributed by atoms with van der Waals surface area (Å²) < 4.78 is 5.34. The molecule has 18 heavy (non-hydrogen) atoms. The minimum atomic E-state index is -0.247. The van der Waals surface area contributed by atoms with Crippen LogP contribution in [-0.2, 0) is 0 Å². The number of hydrogen-bond donors (Lipinski definition) is 1. The molecule has 4 nitrogen and oxygen atoms in total. The van der Waals surface area contributed by atoms with E-state index < -0.39 is 0 Å². The molecule has 0 aliphatic carbocycles. The second-order valence-corrected chi connectivity index (χ2v) is 4.71. The van der Waals surface area contributed by atoms with Gasteiger partial charge >= 0.3 is 6.09 Å². The topological polar surface area (TPSA) is 55.6 Å². The zero-order chi connectivity index (χ0) is 12.8. The number of nitrogens with zero attached hydrogens (tertiary/aromatic N) is 1. The summed E-state index contributed by atoms with van der Waals surface area (Å²) >= 11 is 0. The van der Waals surface area contributed by atoms with Gasteiger partial charge in [0.25, 0.3) is 0 Å². The maximum atomic E-state index is 12.0. The van der Waals surface area contributed by atoms with Crippen LogP contribution in [0.4, 0.5) is 4.79 Å². The molecule has 0 saturated carbocycles. The van der Waals surface area contributed by atoms with Crippen LogP contribution < -0.4 is 10.5 Å². The zero-order valence-electron chi connectivity index (χ0n) is 10.5. The van der Waals surface area contributed by atoms with E-state index in [-0.39, 0.29) is 6.09 Å². The number of carbonyl (C=O) groups is 1. The minimum Gasteiger partial charge on any atom is -0.410 e. The number of likely N-dealkylation sites (tertiary alicyclic amines) is 1. The highest BCUT2D eigenvalue weighted by atomic mass is 16.6. The number of piperidine rings is 1. The van der Waals surface area contributed by atoms with E-state index in [2.05, 4.69) is 0 Å². The monoisotopic (exact) mass is 248 g/mol. The molecule has 2 rings (SSSR count). The molecule has 0 aromatic heterocycles. The van der Waals surface area contributed by atoms with E-state index in [0.717, 1.165) is 32.4 Å². The predicted octanol–water partition coefficient (Wildman–Crippen LogP) is 2.25. The number of nitrogens with two attached hydrogens (primary N) is 1. The van der Waals surface area contributed by atoms with Crippen LogP contribution in [0.5, 0.6) is 5.75 Å². The summed E-state index contributed by atoms with van der Waals surface area (Å²) in [4.78, 5) is 13.8. The average molecular weight is 248 g/mol. The fourth-order valence-electron chi connectivity index (χ4n) is 2.36. The van der Waals surface area contributed by atoms with Crippen molar-refractivity contribution in [1.29, 1.82) is 0 Å². The molecule has 0 spiro atoms. The standard InChI is InChI=1S/C14H20N2O2/c15-9-8-12-5-4-10-16(11-12)14(17)18-13-6-2-1-3-7-13/h1-3,6-7,12H,4-5,8-11,15H2. The maximum absolute atomic E-state index is 12.0. The highest BCUT2D eigenvalue weighted by Gasteiger charge is 2.24. The number of hydrogen-bond acceptors (Lipinski definition) is 3. The maximum Gasteiger partial charge on any atom is 0.415 e. The lowest BCUT2D eigenvalue weighted by atomic mass is 9.95. The van der Waals surface area contributed by atoms with Crippen molar-refractivity contribution >= 4 is 6.09 Å². The van der Waals surface area contributed by atoms with Gasteiger partial charge in [-0.2, -0.15) is 0 Å². The van der Waals surface area contributed by atoms with Gasteiger partial charge in [0.1, 0.15) is 5.75 Å². The highest BCUT2D eigenvalue weighted by molar-refractivity contribution is 5.70. The van der Waals surface area contributed by atoms with Crippen LogP contribution in [0.2, 0.25) is 0 Å². The van der Waals surface area contributed by atoms with Crippen molar-refractivity contribution in [3.63, 3.8) is 0 Å². The summed E-state index contributed by atoms with van der Waals surface area (Å²) in [6.45, 7) is 2.24. The van der Waals surface area contributed by atoms with Crippen LogP contribution in [-0.4, -0.2) is 30.6 Å². The Morgan fingerprint density at radius 2 is 2.17 bits per heavy atom. The Balaban J connectivity index is 1.88. The van der Waals surface area contributed by atoms with Gasteiger partial charge in [0.05, 0.1) is 0 Å². The second-order valence-electron chi connectivity index (χ2n) is 4.71. The van der Waals surface area contributed by atoms with Gasteiger partial charge in [0.2, 0.25) is 0 Å². The number of ether oxygens (including phenoxy) is 1. The van der Waals surface area contributed by atoms with E-state index >= 15 is 0 Å². The Bertz CT molecular complexity index is 379. The molecule has 1 heterocycles. The van der Waals surface area contributed by atoms with E-state index in [1.807, 2.05) is 18.2 Å². The summed E-state index contributed by atoms with van der Waals surface area (Å²) in [6, 6.07) is 9.19. The third kappa shape index (κ3) is 3.47. The first kappa shape index (κ1) is 12.9. The summed E-state index contributed by atoms with van der Waals surface area (Å²) in [5.74, 6) is 1.12. The van der Waals surface area contributed by atoms with Crippen molar-refractivity contribution in [3.05, 3.63) is 30.3 Å². The van der Waals surface area contributed by atoms with Crippen LogP contribution in [0.3, 0.4) is 0 Å². The predicted molar refractivity (Wildman–Crippen MR) is 70.4 cm³/mol. The van der Waals surface area contributed by atoms with Crippen molar-refractivity contribution in [2.45, 2.75) is 19.3 Å². The Kier molecular flexibility index (Phi) is 4.59. The number of amides is 1. The largest absolute Gasteiger partial charge is 0.415 e. The number of para-hydroxylation sites is 1. The summed E-state index contributed by atoms with van der Waals surface area (Å²) in [6.07, 6.45) is 2.93. The van der Waals surface area contributed by atoms with Gasteiger partial charge in [-0.15, -0.1) is 0 Å². The fourth-order valence-corrected chi connectivity index (χ4v) is 2.36. The molecule has 0 radical (unpaired) electrons. The van der Waals surface area contributed by atoms with Crippen molar-refractivity contribution in [2.75, 3.05) is 19.6 Å². The average Bonchev–Trinajstić information content (AvgIpc) is 2.40. The van der Waals surface area contributed by atoms with Crippen molar-refractivity contribution in [3.8, 4) is 5.75 Å². The van der Waals surface area contributed by atoms with Crippen LogP contribution >= 0.6 is 0 Å². The SMILES string of the molecule is NCCC1CCCN(C(=O)Oc2ccccc2)C1. The van der Waals surface area contributed by atoms with Gasteiger partial charge in [-0.3, -0.25) is 0 Å². The van der Waals surface area contributed by atoms with Crippen molar-refractivity contribution < 1.29 is 9.53 Å². The molecule has 1 aliphatic heterocycles. The van der Waals surface area contributed by atoms with E-state index in [0.29, 0.717) is 18.2 Å². The van der Waals surface area contributed by atoms with Gasteiger partial charge < -0.3 is 15.4 Å². The smallest absolute Gasteiger partial charge is 0.410 e. The van der Waals surface area contributed by atoms with Crippen LogP contribution in [0, 0.1) is 5.92 Å². The normalized spacial score (nSPS) is 19.6. The first-order chi connectivity index (χ1) is 8.79. The van der Waals surface area contributed by atoms with Gasteiger partial charge in [-0.25, -0.2) is 4.79 Å². The molecule has 1 atom stereocenters. The minimum absolute atomic E-state index is 0.247. The third-order valence-electron chi connectivity index (χ3n) is 3.30. The first-order valence-corrected chi connectivity index (χ1v) is 6.51. The molecule has 1 unspecified atom stereocenters. The molecule has 98 valence electrons. The molecule has 1 amide bonds. The quantitative estimate of drug-likeness (QED) is 0.892. The Hall–Kier alpha value is -1.55. The van der Waals surface area contributed by atoms with E-state index in [1.165, 1.54) is 0 Å². The lowest BCUT2D eigenvalue weighted by Crippen LogP contribution is -2.41. The lowest BCUT2D eigenvalue weighted by molar-refractivity contribution is 0.125.